The first kappa shape index (κ1) is 12.9. The van der Waals surface area contributed by atoms with Crippen molar-refractivity contribution in [3.8, 4) is 0 Å². The van der Waals surface area contributed by atoms with Gasteiger partial charge in [-0.1, -0.05) is 6.92 Å². The smallest absolute Gasteiger partial charge is 0.150 e. The molecule has 80 valence electrons. The van der Waals surface area contributed by atoms with Crippen LogP contribution in [0.5, 0.6) is 0 Å². The Bertz CT molecular complexity index is 270. The van der Waals surface area contributed by atoms with Gasteiger partial charge in [-0.15, -0.1) is 0 Å². The highest BCUT2D eigenvalue weighted by atomic mass is 32.2. The molecule has 0 radical (unpaired) electrons. The van der Waals surface area contributed by atoms with E-state index in [1.807, 2.05) is 6.92 Å². The molecule has 1 aliphatic rings. The predicted octanol–water partition coefficient (Wildman–Crippen LogP) is 0.203. The molecule has 1 saturated heterocycles. The predicted molar refractivity (Wildman–Crippen MR) is 53.4 cm³/mol. The van der Waals surface area contributed by atoms with Crippen molar-refractivity contribution in [2.45, 2.75) is 26.2 Å². The lowest BCUT2D eigenvalue weighted by molar-refractivity contribution is 0.602. The maximum absolute atomic E-state index is 10.4. The highest BCUT2D eigenvalue weighted by Crippen LogP contribution is 2.08. The van der Waals surface area contributed by atoms with Crippen LogP contribution in [0.25, 0.3) is 0 Å². The number of sulfone groups is 1. The molecule has 1 aliphatic heterocycles. The van der Waals surface area contributed by atoms with E-state index in [9.17, 15) is 16.8 Å². The molecule has 6 heteroatoms. The number of hydrogen-bond donors (Lipinski definition) is 1. The van der Waals surface area contributed by atoms with Crippen LogP contribution in [0.3, 0.4) is 0 Å². The van der Waals surface area contributed by atoms with Gasteiger partial charge in [0.05, 0.1) is 11.5 Å². The van der Waals surface area contributed by atoms with E-state index in [1.165, 1.54) is 0 Å². The van der Waals surface area contributed by atoms with E-state index in [4.69, 9.17) is 0 Å². The highest BCUT2D eigenvalue weighted by Gasteiger charge is 2.16. The zero-order chi connectivity index (χ0) is 10.3. The first-order valence-electron chi connectivity index (χ1n) is 4.30. The van der Waals surface area contributed by atoms with E-state index in [1.54, 1.807) is 0 Å². The summed E-state index contributed by atoms with van der Waals surface area (Å²) in [7, 11) is -4.65. The molecule has 1 heterocycles. The standard InChI is InChI=1S/C4H8O2S.C3H8O2S/c5-7(6)3-1-2-4-7;1-2-3-6(4)5/h1-4H2;6H,2-3H2,1H3. The van der Waals surface area contributed by atoms with Crippen LogP contribution < -0.4 is 0 Å². The van der Waals surface area contributed by atoms with E-state index in [-0.39, 0.29) is 0 Å². The van der Waals surface area contributed by atoms with Gasteiger partial charge in [0.25, 0.3) is 0 Å². The quantitative estimate of drug-likeness (QED) is 0.686. The summed E-state index contributed by atoms with van der Waals surface area (Å²) in [6.45, 7) is 1.84. The van der Waals surface area contributed by atoms with E-state index >= 15 is 0 Å². The van der Waals surface area contributed by atoms with Crippen LogP contribution in [-0.2, 0) is 20.5 Å². The van der Waals surface area contributed by atoms with Crippen LogP contribution in [0.15, 0.2) is 0 Å². The second kappa shape index (κ2) is 6.37. The van der Waals surface area contributed by atoms with Gasteiger partial charge in [-0.3, -0.25) is 0 Å². The zero-order valence-electron chi connectivity index (χ0n) is 7.73. The maximum atomic E-state index is 10.4. The molecular formula is C7H16O4S2. The molecule has 4 nitrogen and oxygen atoms in total. The third-order valence-corrected chi connectivity index (χ3v) is 4.20. The van der Waals surface area contributed by atoms with Crippen LogP contribution in [0.4, 0.5) is 0 Å². The fourth-order valence-corrected chi connectivity index (χ4v) is 2.79. The Morgan fingerprint density at radius 2 is 1.62 bits per heavy atom. The summed E-state index contributed by atoms with van der Waals surface area (Å²) in [6, 6.07) is 0. The van der Waals surface area contributed by atoms with Gasteiger partial charge in [0, 0.05) is 5.75 Å². The number of rotatable bonds is 2. The molecule has 0 atom stereocenters. The van der Waals surface area contributed by atoms with Gasteiger partial charge in [-0.2, -0.15) is 0 Å². The number of thiol groups is 1. The van der Waals surface area contributed by atoms with Crippen LogP contribution in [0.2, 0.25) is 0 Å². The SMILES string of the molecule is CCC[SH](=O)=O.O=S1(=O)CCCC1. The Hall–Kier alpha value is -0.100. The molecule has 0 amide bonds. The fourth-order valence-electron chi connectivity index (χ4n) is 0.929. The second-order valence-corrected chi connectivity index (χ2v) is 6.33. The minimum Gasteiger partial charge on any atom is -0.232 e. The van der Waals surface area contributed by atoms with Gasteiger partial charge < -0.3 is 0 Å². The molecule has 0 spiro atoms. The summed E-state index contributed by atoms with van der Waals surface area (Å²) in [5, 5.41) is 0. The molecule has 0 bridgehead atoms. The lowest BCUT2D eigenvalue weighted by Gasteiger charge is -1.81. The molecule has 0 aromatic heterocycles. The summed E-state index contributed by atoms with van der Waals surface area (Å²) >= 11 is 0. The number of hydrogen-bond acceptors (Lipinski definition) is 4. The maximum Gasteiger partial charge on any atom is 0.150 e. The fraction of sp³-hybridized carbons (Fsp3) is 1.00. The molecule has 0 saturated carbocycles. The third kappa shape index (κ3) is 8.24. The summed E-state index contributed by atoms with van der Waals surface area (Å²) in [4.78, 5) is 0. The summed E-state index contributed by atoms with van der Waals surface area (Å²) < 4.78 is 40.1. The van der Waals surface area contributed by atoms with Gasteiger partial charge in [0.2, 0.25) is 0 Å². The average Bonchev–Trinajstić information content (AvgIpc) is 2.35. The molecule has 1 rings (SSSR count). The molecule has 0 aromatic rings. The third-order valence-electron chi connectivity index (χ3n) is 1.57. The lowest BCUT2D eigenvalue weighted by atomic mass is 10.4. The van der Waals surface area contributed by atoms with Crippen LogP contribution in [-0.4, -0.2) is 34.1 Å². The van der Waals surface area contributed by atoms with Gasteiger partial charge in [0.15, 0.2) is 0 Å². The van der Waals surface area contributed by atoms with Crippen molar-refractivity contribution in [1.29, 1.82) is 0 Å². The average molecular weight is 228 g/mol. The zero-order valence-corrected chi connectivity index (χ0v) is 9.44. The topological polar surface area (TPSA) is 68.3 Å². The van der Waals surface area contributed by atoms with Crippen molar-refractivity contribution in [2.24, 2.45) is 0 Å². The van der Waals surface area contributed by atoms with Crippen molar-refractivity contribution in [3.63, 3.8) is 0 Å². The van der Waals surface area contributed by atoms with Gasteiger partial charge in [-0.05, 0) is 19.3 Å². The van der Waals surface area contributed by atoms with Crippen molar-refractivity contribution in [1.82, 2.24) is 0 Å². The molecule has 0 N–H and O–H groups in total. The van der Waals surface area contributed by atoms with Gasteiger partial charge >= 0.3 is 0 Å². The Morgan fingerprint density at radius 3 is 1.69 bits per heavy atom. The van der Waals surface area contributed by atoms with E-state index < -0.39 is 20.5 Å². The van der Waals surface area contributed by atoms with Gasteiger partial charge in [0.1, 0.15) is 20.5 Å². The second-order valence-electron chi connectivity index (χ2n) is 2.92. The van der Waals surface area contributed by atoms with Crippen LogP contribution in [0, 0.1) is 0 Å². The summed E-state index contributed by atoms with van der Waals surface area (Å²) in [6.07, 6.45) is 2.49. The molecular weight excluding hydrogens is 212 g/mol. The largest absolute Gasteiger partial charge is 0.232 e. The molecule has 0 aromatic carbocycles. The lowest BCUT2D eigenvalue weighted by Crippen LogP contribution is -1.98. The first-order chi connectivity index (χ1) is 5.98. The first-order valence-corrected chi connectivity index (χ1v) is 7.48. The van der Waals surface area contributed by atoms with E-state index in [2.05, 4.69) is 0 Å². The van der Waals surface area contributed by atoms with E-state index in [0.29, 0.717) is 17.3 Å². The van der Waals surface area contributed by atoms with Crippen molar-refractivity contribution < 1.29 is 16.8 Å². The normalized spacial score (nSPS) is 19.5. The minimum absolute atomic E-state index is 0.329. The Kier molecular flexibility index (Phi) is 6.32. The Morgan fingerprint density at radius 1 is 1.15 bits per heavy atom. The monoisotopic (exact) mass is 228 g/mol. The molecule has 1 fully saturated rings. The van der Waals surface area contributed by atoms with E-state index in [0.717, 1.165) is 19.3 Å². The highest BCUT2D eigenvalue weighted by molar-refractivity contribution is 7.91. The van der Waals surface area contributed by atoms with Crippen LogP contribution in [0.1, 0.15) is 26.2 Å². The molecule has 0 unspecified atom stereocenters. The molecule has 13 heavy (non-hydrogen) atoms. The summed E-state index contributed by atoms with van der Waals surface area (Å²) in [5.74, 6) is 1.18. The molecule has 0 aliphatic carbocycles. The van der Waals surface area contributed by atoms with Gasteiger partial charge in [-0.25, -0.2) is 16.8 Å². The van der Waals surface area contributed by atoms with Crippen molar-refractivity contribution >= 4 is 20.5 Å². The summed E-state index contributed by atoms with van der Waals surface area (Å²) in [5.41, 5.74) is 0. The van der Waals surface area contributed by atoms with Crippen LogP contribution >= 0.6 is 0 Å². The minimum atomic E-state index is -2.55. The van der Waals surface area contributed by atoms with Crippen molar-refractivity contribution in [3.05, 3.63) is 0 Å². The Labute approximate surface area is 81.2 Å². The van der Waals surface area contributed by atoms with Crippen molar-refractivity contribution in [2.75, 3.05) is 17.3 Å². The Balaban J connectivity index is 0.000000226.